The van der Waals surface area contributed by atoms with Crippen LogP contribution in [0.25, 0.3) is 0 Å². The Hall–Kier alpha value is -1.22. The SMILES string of the molecule is COc1cc2c(cc1N)CN(C(C)C)CC2. The lowest BCUT2D eigenvalue weighted by molar-refractivity contribution is 0.203. The average Bonchev–Trinajstić information content (AvgIpc) is 2.27. The fourth-order valence-corrected chi connectivity index (χ4v) is 2.25. The molecule has 0 amide bonds. The molecular formula is C13H20N2O. The highest BCUT2D eigenvalue weighted by Crippen LogP contribution is 2.29. The van der Waals surface area contributed by atoms with Crippen LogP contribution < -0.4 is 10.5 Å². The van der Waals surface area contributed by atoms with Crippen molar-refractivity contribution >= 4 is 5.69 Å². The Labute approximate surface area is 97.2 Å². The van der Waals surface area contributed by atoms with E-state index in [4.69, 9.17) is 10.5 Å². The summed E-state index contributed by atoms with van der Waals surface area (Å²) < 4.78 is 5.25. The number of fused-ring (bicyclic) bond motifs is 1. The van der Waals surface area contributed by atoms with Gasteiger partial charge >= 0.3 is 0 Å². The van der Waals surface area contributed by atoms with Gasteiger partial charge in [0.1, 0.15) is 5.75 Å². The van der Waals surface area contributed by atoms with Gasteiger partial charge in [0.15, 0.2) is 0 Å². The maximum Gasteiger partial charge on any atom is 0.142 e. The fraction of sp³-hybridized carbons (Fsp3) is 0.538. The van der Waals surface area contributed by atoms with Crippen LogP contribution >= 0.6 is 0 Å². The van der Waals surface area contributed by atoms with Crippen LogP contribution in [0.4, 0.5) is 5.69 Å². The van der Waals surface area contributed by atoms with E-state index < -0.39 is 0 Å². The van der Waals surface area contributed by atoms with Crippen LogP contribution in [0, 0.1) is 0 Å². The van der Waals surface area contributed by atoms with Crippen LogP contribution in [0.15, 0.2) is 12.1 Å². The first-order chi connectivity index (χ1) is 7.61. The third kappa shape index (κ3) is 2.00. The Morgan fingerprint density at radius 1 is 1.31 bits per heavy atom. The number of anilines is 1. The first-order valence-electron chi connectivity index (χ1n) is 5.81. The quantitative estimate of drug-likeness (QED) is 0.775. The minimum atomic E-state index is 0.594. The molecule has 2 N–H and O–H groups in total. The Morgan fingerprint density at radius 2 is 2.06 bits per heavy atom. The van der Waals surface area contributed by atoms with Gasteiger partial charge in [-0.05, 0) is 43.5 Å². The van der Waals surface area contributed by atoms with E-state index in [1.165, 1.54) is 11.1 Å². The van der Waals surface area contributed by atoms with Gasteiger partial charge in [0.05, 0.1) is 12.8 Å². The number of rotatable bonds is 2. The van der Waals surface area contributed by atoms with Gasteiger partial charge in [-0.3, -0.25) is 4.90 Å². The number of methoxy groups -OCH3 is 1. The van der Waals surface area contributed by atoms with Crippen LogP contribution in [0.2, 0.25) is 0 Å². The molecule has 0 bridgehead atoms. The van der Waals surface area contributed by atoms with E-state index in [2.05, 4.69) is 30.9 Å². The van der Waals surface area contributed by atoms with Gasteiger partial charge in [-0.2, -0.15) is 0 Å². The third-order valence-electron chi connectivity index (χ3n) is 3.32. The molecular weight excluding hydrogens is 200 g/mol. The molecule has 1 aromatic rings. The number of nitrogens with zero attached hydrogens (tertiary/aromatic N) is 1. The molecule has 0 spiro atoms. The number of ether oxygens (including phenoxy) is 1. The zero-order chi connectivity index (χ0) is 11.7. The molecule has 2 rings (SSSR count). The lowest BCUT2D eigenvalue weighted by Crippen LogP contribution is -2.35. The van der Waals surface area contributed by atoms with Crippen molar-refractivity contribution in [1.82, 2.24) is 4.90 Å². The predicted molar refractivity (Wildman–Crippen MR) is 66.7 cm³/mol. The van der Waals surface area contributed by atoms with E-state index in [1.807, 2.05) is 0 Å². The summed E-state index contributed by atoms with van der Waals surface area (Å²) in [5.41, 5.74) is 9.40. The van der Waals surface area contributed by atoms with Gasteiger partial charge in [0, 0.05) is 19.1 Å². The van der Waals surface area contributed by atoms with Crippen molar-refractivity contribution in [3.05, 3.63) is 23.3 Å². The summed E-state index contributed by atoms with van der Waals surface area (Å²) in [6, 6.07) is 4.74. The Kier molecular flexibility index (Phi) is 3.06. The van der Waals surface area contributed by atoms with Gasteiger partial charge in [-0.15, -0.1) is 0 Å². The van der Waals surface area contributed by atoms with E-state index >= 15 is 0 Å². The van der Waals surface area contributed by atoms with Gasteiger partial charge < -0.3 is 10.5 Å². The molecule has 0 saturated heterocycles. The van der Waals surface area contributed by atoms with Crippen molar-refractivity contribution in [3.8, 4) is 5.75 Å². The lowest BCUT2D eigenvalue weighted by Gasteiger charge is -2.32. The molecule has 1 aliphatic heterocycles. The highest BCUT2D eigenvalue weighted by atomic mass is 16.5. The zero-order valence-corrected chi connectivity index (χ0v) is 10.3. The maximum atomic E-state index is 5.93. The second kappa shape index (κ2) is 4.34. The summed E-state index contributed by atoms with van der Waals surface area (Å²) in [6.45, 7) is 6.59. The number of benzene rings is 1. The molecule has 0 unspecified atom stereocenters. The van der Waals surface area contributed by atoms with Crippen LogP contribution in [-0.4, -0.2) is 24.6 Å². The van der Waals surface area contributed by atoms with E-state index in [0.29, 0.717) is 6.04 Å². The van der Waals surface area contributed by atoms with Crippen molar-refractivity contribution in [1.29, 1.82) is 0 Å². The highest BCUT2D eigenvalue weighted by Gasteiger charge is 2.19. The summed E-state index contributed by atoms with van der Waals surface area (Å²) in [4.78, 5) is 2.47. The molecule has 1 aromatic carbocycles. The van der Waals surface area contributed by atoms with Crippen molar-refractivity contribution < 1.29 is 4.74 Å². The Balaban J connectivity index is 2.29. The van der Waals surface area contributed by atoms with E-state index in [9.17, 15) is 0 Å². The minimum absolute atomic E-state index is 0.594. The Bertz CT molecular complexity index is 388. The zero-order valence-electron chi connectivity index (χ0n) is 10.3. The predicted octanol–water partition coefficient (Wildman–Crippen LogP) is 2.04. The minimum Gasteiger partial charge on any atom is -0.495 e. The summed E-state index contributed by atoms with van der Waals surface area (Å²) in [5, 5.41) is 0. The van der Waals surface area contributed by atoms with Crippen molar-refractivity contribution in [2.75, 3.05) is 19.4 Å². The molecule has 1 heterocycles. The van der Waals surface area contributed by atoms with Gasteiger partial charge in [-0.25, -0.2) is 0 Å². The second-order valence-corrected chi connectivity index (χ2v) is 4.68. The smallest absolute Gasteiger partial charge is 0.142 e. The van der Waals surface area contributed by atoms with E-state index in [0.717, 1.165) is 30.9 Å². The van der Waals surface area contributed by atoms with Gasteiger partial charge in [0.2, 0.25) is 0 Å². The third-order valence-corrected chi connectivity index (χ3v) is 3.32. The average molecular weight is 220 g/mol. The monoisotopic (exact) mass is 220 g/mol. The molecule has 3 nitrogen and oxygen atoms in total. The summed E-state index contributed by atoms with van der Waals surface area (Å²) >= 11 is 0. The highest BCUT2D eigenvalue weighted by molar-refractivity contribution is 5.57. The van der Waals surface area contributed by atoms with Gasteiger partial charge in [0.25, 0.3) is 0 Å². The first-order valence-corrected chi connectivity index (χ1v) is 5.81. The second-order valence-electron chi connectivity index (χ2n) is 4.68. The normalized spacial score (nSPS) is 16.2. The summed E-state index contributed by atoms with van der Waals surface area (Å²) in [6.07, 6.45) is 1.09. The lowest BCUT2D eigenvalue weighted by atomic mass is 9.97. The molecule has 0 atom stereocenters. The fourth-order valence-electron chi connectivity index (χ4n) is 2.25. The molecule has 88 valence electrons. The molecule has 0 aliphatic carbocycles. The van der Waals surface area contributed by atoms with Crippen LogP contribution in [-0.2, 0) is 13.0 Å². The van der Waals surface area contributed by atoms with Crippen LogP contribution in [0.1, 0.15) is 25.0 Å². The number of nitrogens with two attached hydrogens (primary N) is 1. The van der Waals surface area contributed by atoms with E-state index in [-0.39, 0.29) is 0 Å². The van der Waals surface area contributed by atoms with Crippen LogP contribution in [0.3, 0.4) is 0 Å². The summed E-state index contributed by atoms with van der Waals surface area (Å²) in [5.74, 6) is 0.803. The molecule has 0 radical (unpaired) electrons. The summed E-state index contributed by atoms with van der Waals surface area (Å²) in [7, 11) is 1.67. The molecule has 3 heteroatoms. The first kappa shape index (κ1) is 11.3. The van der Waals surface area contributed by atoms with Gasteiger partial charge in [-0.1, -0.05) is 0 Å². The Morgan fingerprint density at radius 3 is 2.69 bits per heavy atom. The standard InChI is InChI=1S/C13H20N2O/c1-9(2)15-5-4-10-7-13(16-3)12(14)6-11(10)8-15/h6-7,9H,4-5,8,14H2,1-3H3. The topological polar surface area (TPSA) is 38.5 Å². The largest absolute Gasteiger partial charge is 0.495 e. The maximum absolute atomic E-state index is 5.93. The molecule has 0 aromatic heterocycles. The number of nitrogen functional groups attached to an aromatic ring is 1. The number of hydrogen-bond acceptors (Lipinski definition) is 3. The molecule has 0 fully saturated rings. The van der Waals surface area contributed by atoms with Crippen molar-refractivity contribution in [2.24, 2.45) is 0 Å². The number of hydrogen-bond donors (Lipinski definition) is 1. The van der Waals surface area contributed by atoms with Crippen molar-refractivity contribution in [2.45, 2.75) is 32.9 Å². The molecule has 1 aliphatic rings. The van der Waals surface area contributed by atoms with Crippen molar-refractivity contribution in [3.63, 3.8) is 0 Å². The van der Waals surface area contributed by atoms with Crippen LogP contribution in [0.5, 0.6) is 5.75 Å². The molecule has 16 heavy (non-hydrogen) atoms. The molecule has 0 saturated carbocycles. The van der Waals surface area contributed by atoms with E-state index in [1.54, 1.807) is 7.11 Å².